The SMILES string of the molecule is CCOc1ccccc1Nc1nc(C)cc(Nc2ccccc2C(C)(C)C)n1. The molecule has 0 aliphatic rings. The van der Waals surface area contributed by atoms with Gasteiger partial charge in [-0.1, -0.05) is 51.1 Å². The number of aryl methyl sites for hydroxylation is 1. The topological polar surface area (TPSA) is 59.1 Å². The Bertz CT molecular complexity index is 947. The average Bonchev–Trinajstić information content (AvgIpc) is 2.63. The Labute approximate surface area is 167 Å². The highest BCUT2D eigenvalue weighted by atomic mass is 16.5. The number of para-hydroxylation sites is 3. The van der Waals surface area contributed by atoms with Gasteiger partial charge in [0.25, 0.3) is 0 Å². The Morgan fingerprint density at radius 3 is 2.29 bits per heavy atom. The van der Waals surface area contributed by atoms with Gasteiger partial charge in [-0.25, -0.2) is 4.98 Å². The van der Waals surface area contributed by atoms with Crippen LogP contribution in [0.4, 0.5) is 23.1 Å². The Balaban J connectivity index is 1.90. The molecule has 28 heavy (non-hydrogen) atoms. The molecule has 0 saturated carbocycles. The van der Waals surface area contributed by atoms with Gasteiger partial charge in [-0.2, -0.15) is 4.98 Å². The van der Waals surface area contributed by atoms with E-state index in [1.165, 1.54) is 5.56 Å². The largest absolute Gasteiger partial charge is 0.492 e. The van der Waals surface area contributed by atoms with Crippen molar-refractivity contribution in [3.63, 3.8) is 0 Å². The third-order valence-electron chi connectivity index (χ3n) is 4.29. The highest BCUT2D eigenvalue weighted by Crippen LogP contribution is 2.31. The van der Waals surface area contributed by atoms with Crippen molar-refractivity contribution >= 4 is 23.1 Å². The van der Waals surface area contributed by atoms with Crippen LogP contribution in [0.2, 0.25) is 0 Å². The molecule has 0 bridgehead atoms. The van der Waals surface area contributed by atoms with Gasteiger partial charge in [-0.3, -0.25) is 0 Å². The third kappa shape index (κ3) is 4.80. The maximum Gasteiger partial charge on any atom is 0.229 e. The zero-order valence-electron chi connectivity index (χ0n) is 17.2. The first-order valence-electron chi connectivity index (χ1n) is 9.58. The van der Waals surface area contributed by atoms with E-state index in [9.17, 15) is 0 Å². The molecule has 0 spiro atoms. The lowest BCUT2D eigenvalue weighted by atomic mass is 9.86. The Hall–Kier alpha value is -3.08. The molecule has 0 saturated heterocycles. The van der Waals surface area contributed by atoms with Crippen LogP contribution < -0.4 is 15.4 Å². The predicted molar refractivity (Wildman–Crippen MR) is 116 cm³/mol. The Kier molecular flexibility index (Phi) is 5.83. The van der Waals surface area contributed by atoms with E-state index in [1.54, 1.807) is 0 Å². The number of nitrogens with zero attached hydrogens (tertiary/aromatic N) is 2. The summed E-state index contributed by atoms with van der Waals surface area (Å²) in [5, 5.41) is 6.75. The van der Waals surface area contributed by atoms with Gasteiger partial charge in [0.1, 0.15) is 11.6 Å². The van der Waals surface area contributed by atoms with Crippen molar-refractivity contribution in [2.24, 2.45) is 0 Å². The van der Waals surface area contributed by atoms with E-state index in [4.69, 9.17) is 4.74 Å². The van der Waals surface area contributed by atoms with Crippen molar-refractivity contribution < 1.29 is 4.74 Å². The van der Waals surface area contributed by atoms with Crippen molar-refractivity contribution in [2.45, 2.75) is 40.0 Å². The minimum Gasteiger partial charge on any atom is -0.492 e. The van der Waals surface area contributed by atoms with E-state index in [0.717, 1.165) is 28.6 Å². The molecule has 5 nitrogen and oxygen atoms in total. The lowest BCUT2D eigenvalue weighted by Gasteiger charge is -2.23. The van der Waals surface area contributed by atoms with Crippen LogP contribution in [0.1, 0.15) is 39.0 Å². The number of anilines is 4. The van der Waals surface area contributed by atoms with Crippen molar-refractivity contribution in [1.29, 1.82) is 0 Å². The fourth-order valence-electron chi connectivity index (χ4n) is 3.04. The minimum absolute atomic E-state index is 0.0309. The number of benzene rings is 2. The van der Waals surface area contributed by atoms with E-state index >= 15 is 0 Å². The van der Waals surface area contributed by atoms with Crippen LogP contribution >= 0.6 is 0 Å². The molecular weight excluding hydrogens is 348 g/mol. The molecule has 3 aromatic rings. The van der Waals surface area contributed by atoms with Crippen LogP contribution in [0.15, 0.2) is 54.6 Å². The summed E-state index contributed by atoms with van der Waals surface area (Å²) in [7, 11) is 0. The smallest absolute Gasteiger partial charge is 0.229 e. The molecular formula is C23H28N4O. The number of hydrogen-bond acceptors (Lipinski definition) is 5. The highest BCUT2D eigenvalue weighted by molar-refractivity contribution is 5.66. The summed E-state index contributed by atoms with van der Waals surface area (Å²) in [4.78, 5) is 9.19. The van der Waals surface area contributed by atoms with Crippen LogP contribution in [0.3, 0.4) is 0 Å². The normalized spacial score (nSPS) is 11.2. The summed E-state index contributed by atoms with van der Waals surface area (Å²) in [5.74, 6) is 2.06. The number of rotatable bonds is 6. The van der Waals surface area contributed by atoms with Crippen molar-refractivity contribution in [3.05, 3.63) is 65.9 Å². The molecule has 3 rings (SSSR count). The monoisotopic (exact) mass is 376 g/mol. The highest BCUT2D eigenvalue weighted by Gasteiger charge is 2.18. The second-order valence-electron chi connectivity index (χ2n) is 7.69. The Morgan fingerprint density at radius 1 is 0.893 bits per heavy atom. The molecule has 2 N–H and O–H groups in total. The minimum atomic E-state index is 0.0309. The lowest BCUT2D eigenvalue weighted by molar-refractivity contribution is 0.342. The fraction of sp³-hybridized carbons (Fsp3) is 0.304. The summed E-state index contributed by atoms with van der Waals surface area (Å²) >= 11 is 0. The number of hydrogen-bond donors (Lipinski definition) is 2. The fourth-order valence-corrected chi connectivity index (χ4v) is 3.04. The van der Waals surface area contributed by atoms with Gasteiger partial charge in [-0.05, 0) is 43.0 Å². The van der Waals surface area contributed by atoms with E-state index in [2.05, 4.69) is 59.6 Å². The maximum absolute atomic E-state index is 5.68. The zero-order chi connectivity index (χ0) is 20.1. The number of nitrogens with one attached hydrogen (secondary N) is 2. The van der Waals surface area contributed by atoms with Gasteiger partial charge in [0, 0.05) is 17.4 Å². The molecule has 146 valence electrons. The van der Waals surface area contributed by atoms with Crippen LogP contribution in [-0.2, 0) is 5.41 Å². The first kappa shape index (κ1) is 19.7. The molecule has 0 aliphatic heterocycles. The average molecular weight is 377 g/mol. The lowest BCUT2D eigenvalue weighted by Crippen LogP contribution is -2.14. The molecule has 2 aromatic carbocycles. The number of aromatic nitrogens is 2. The van der Waals surface area contributed by atoms with E-state index in [-0.39, 0.29) is 5.41 Å². The second kappa shape index (κ2) is 8.30. The predicted octanol–water partition coefficient (Wildman–Crippen LogP) is 5.97. The molecule has 0 radical (unpaired) electrons. The second-order valence-corrected chi connectivity index (χ2v) is 7.69. The molecule has 0 unspecified atom stereocenters. The van der Waals surface area contributed by atoms with Crippen molar-refractivity contribution in [3.8, 4) is 5.75 Å². The maximum atomic E-state index is 5.68. The first-order valence-corrected chi connectivity index (χ1v) is 9.58. The van der Waals surface area contributed by atoms with Gasteiger partial charge >= 0.3 is 0 Å². The molecule has 0 fully saturated rings. The summed E-state index contributed by atoms with van der Waals surface area (Å²) in [6.07, 6.45) is 0. The quantitative estimate of drug-likeness (QED) is 0.555. The number of ether oxygens (including phenoxy) is 1. The van der Waals surface area contributed by atoms with Gasteiger partial charge < -0.3 is 15.4 Å². The Morgan fingerprint density at radius 2 is 1.57 bits per heavy atom. The van der Waals surface area contributed by atoms with Crippen LogP contribution in [-0.4, -0.2) is 16.6 Å². The van der Waals surface area contributed by atoms with Crippen LogP contribution in [0.5, 0.6) is 5.75 Å². The summed E-state index contributed by atoms with van der Waals surface area (Å²) < 4.78 is 5.68. The van der Waals surface area contributed by atoms with E-state index < -0.39 is 0 Å². The summed E-state index contributed by atoms with van der Waals surface area (Å²) in [5.41, 5.74) is 4.04. The van der Waals surface area contributed by atoms with Gasteiger partial charge in [-0.15, -0.1) is 0 Å². The van der Waals surface area contributed by atoms with Crippen molar-refractivity contribution in [2.75, 3.05) is 17.2 Å². The van der Waals surface area contributed by atoms with E-state index in [1.807, 2.05) is 50.2 Å². The van der Waals surface area contributed by atoms with Crippen LogP contribution in [0, 0.1) is 6.92 Å². The molecule has 0 amide bonds. The standard InChI is InChI=1S/C23H28N4O/c1-6-28-20-14-10-9-13-19(20)26-22-24-16(2)15-21(27-22)25-18-12-8-7-11-17(18)23(3,4)5/h7-15H,6H2,1-5H3,(H2,24,25,26,27). The molecule has 0 atom stereocenters. The molecule has 5 heteroatoms. The summed E-state index contributed by atoms with van der Waals surface area (Å²) in [6.45, 7) is 11.1. The molecule has 0 aliphatic carbocycles. The molecule has 1 heterocycles. The van der Waals surface area contributed by atoms with Gasteiger partial charge in [0.05, 0.1) is 12.3 Å². The van der Waals surface area contributed by atoms with E-state index in [0.29, 0.717) is 12.6 Å². The first-order chi connectivity index (χ1) is 13.4. The van der Waals surface area contributed by atoms with Gasteiger partial charge in [0.15, 0.2) is 0 Å². The van der Waals surface area contributed by atoms with Crippen LogP contribution in [0.25, 0.3) is 0 Å². The summed E-state index contributed by atoms with van der Waals surface area (Å²) in [6, 6.07) is 18.1. The van der Waals surface area contributed by atoms with Crippen molar-refractivity contribution in [1.82, 2.24) is 9.97 Å². The van der Waals surface area contributed by atoms with Gasteiger partial charge in [0.2, 0.25) is 5.95 Å². The third-order valence-corrected chi connectivity index (χ3v) is 4.29. The zero-order valence-corrected chi connectivity index (χ0v) is 17.2. The molecule has 1 aromatic heterocycles.